The van der Waals surface area contributed by atoms with Crippen LogP contribution in [0.2, 0.25) is 0 Å². The van der Waals surface area contributed by atoms with Crippen LogP contribution in [0.3, 0.4) is 0 Å². The summed E-state index contributed by atoms with van der Waals surface area (Å²) in [5.41, 5.74) is 0.879. The highest BCUT2D eigenvalue weighted by atomic mass is 35.5. The van der Waals surface area contributed by atoms with Crippen molar-refractivity contribution in [1.29, 1.82) is 0 Å². The van der Waals surface area contributed by atoms with Gasteiger partial charge < -0.3 is 4.98 Å². The van der Waals surface area contributed by atoms with Crippen molar-refractivity contribution in [2.24, 2.45) is 0 Å². The van der Waals surface area contributed by atoms with Gasteiger partial charge in [0.05, 0.1) is 11.6 Å². The number of halogens is 2. The molecule has 1 heterocycles. The van der Waals surface area contributed by atoms with Gasteiger partial charge in [0.1, 0.15) is 11.6 Å². The lowest BCUT2D eigenvalue weighted by atomic mass is 10.0. The fourth-order valence-corrected chi connectivity index (χ4v) is 2.31. The Hall–Kier alpha value is -2.20. The number of benzene rings is 2. The Bertz CT molecular complexity index is 845. The van der Waals surface area contributed by atoms with E-state index in [-0.39, 0.29) is 17.3 Å². The van der Waals surface area contributed by atoms with Crippen molar-refractivity contribution in [2.75, 3.05) is 0 Å². The molecule has 0 unspecified atom stereocenters. The first-order valence-electron chi connectivity index (χ1n) is 6.03. The number of hydrogen-bond donors (Lipinski definition) is 1. The third-order valence-electron chi connectivity index (χ3n) is 3.06. The molecule has 0 aliphatic rings. The number of aromatic nitrogens is 2. The molecule has 100 valence electrons. The second-order valence-electron chi connectivity index (χ2n) is 4.36. The summed E-state index contributed by atoms with van der Waals surface area (Å²) in [4.78, 5) is 18.6. The van der Waals surface area contributed by atoms with Crippen molar-refractivity contribution in [2.45, 2.75) is 5.88 Å². The minimum atomic E-state index is -0.305. The number of H-pyrrole nitrogens is 1. The smallest absolute Gasteiger partial charge is 0.251 e. The molecule has 2 aromatic carbocycles. The minimum absolute atomic E-state index is 0.149. The molecule has 3 rings (SSSR count). The van der Waals surface area contributed by atoms with E-state index in [9.17, 15) is 9.18 Å². The zero-order chi connectivity index (χ0) is 14.1. The molecule has 3 nitrogen and oxygen atoms in total. The topological polar surface area (TPSA) is 45.8 Å². The number of aromatic amines is 1. The van der Waals surface area contributed by atoms with E-state index in [1.165, 1.54) is 12.1 Å². The van der Waals surface area contributed by atoms with Crippen molar-refractivity contribution in [3.8, 4) is 11.4 Å². The molecule has 0 bridgehead atoms. The maximum absolute atomic E-state index is 13.8. The van der Waals surface area contributed by atoms with E-state index in [2.05, 4.69) is 9.97 Å². The fourth-order valence-electron chi connectivity index (χ4n) is 2.17. The van der Waals surface area contributed by atoms with Gasteiger partial charge in [-0.1, -0.05) is 24.3 Å². The molecule has 0 atom stereocenters. The summed E-state index contributed by atoms with van der Waals surface area (Å²) in [7, 11) is 0. The zero-order valence-electron chi connectivity index (χ0n) is 10.4. The molecule has 1 N–H and O–H groups in total. The Labute approximate surface area is 119 Å². The van der Waals surface area contributed by atoms with E-state index in [4.69, 9.17) is 11.6 Å². The molecule has 3 aromatic rings. The Balaban J connectivity index is 2.33. The van der Waals surface area contributed by atoms with Gasteiger partial charge >= 0.3 is 0 Å². The normalized spacial score (nSPS) is 10.9. The summed E-state index contributed by atoms with van der Waals surface area (Å²) in [5.74, 6) is 0.236. The zero-order valence-corrected chi connectivity index (χ0v) is 11.1. The van der Waals surface area contributed by atoms with Crippen LogP contribution in [0.1, 0.15) is 5.69 Å². The molecule has 0 saturated carbocycles. The number of hydrogen-bond acceptors (Lipinski definition) is 2. The molecule has 1 aromatic heterocycles. The van der Waals surface area contributed by atoms with E-state index in [1.807, 2.05) is 6.07 Å². The minimum Gasteiger partial charge on any atom is -0.306 e. The summed E-state index contributed by atoms with van der Waals surface area (Å²) in [6.07, 6.45) is 0. The predicted octanol–water partition coefficient (Wildman–Crippen LogP) is 3.47. The monoisotopic (exact) mass is 288 g/mol. The molecule has 0 radical (unpaired) electrons. The standard InChI is InChI=1S/C15H10ClFN2O/c16-8-9-7-14(20)19-15(18-9)12-5-6-13(17)11-4-2-1-3-10(11)12/h1-7H,8H2,(H,18,19,20). The van der Waals surface area contributed by atoms with E-state index >= 15 is 0 Å². The second kappa shape index (κ2) is 5.06. The van der Waals surface area contributed by atoms with Gasteiger partial charge in [0, 0.05) is 17.0 Å². The van der Waals surface area contributed by atoms with Crippen LogP contribution in [0.5, 0.6) is 0 Å². The number of fused-ring (bicyclic) bond motifs is 1. The highest BCUT2D eigenvalue weighted by Gasteiger charge is 2.10. The van der Waals surface area contributed by atoms with E-state index in [1.54, 1.807) is 24.3 Å². The number of nitrogens with zero attached hydrogens (tertiary/aromatic N) is 1. The lowest BCUT2D eigenvalue weighted by Crippen LogP contribution is -2.09. The molecule has 0 fully saturated rings. The molecular weight excluding hydrogens is 279 g/mol. The molecule has 0 aliphatic carbocycles. The van der Waals surface area contributed by atoms with Gasteiger partial charge in [-0.2, -0.15) is 0 Å². The number of alkyl halides is 1. The van der Waals surface area contributed by atoms with Crippen molar-refractivity contribution in [3.63, 3.8) is 0 Å². The second-order valence-corrected chi connectivity index (χ2v) is 4.63. The quantitative estimate of drug-likeness (QED) is 0.734. The van der Waals surface area contributed by atoms with Crippen LogP contribution in [-0.2, 0) is 5.88 Å². The first-order chi connectivity index (χ1) is 9.69. The van der Waals surface area contributed by atoms with Crippen LogP contribution < -0.4 is 5.56 Å². The van der Waals surface area contributed by atoms with Crippen LogP contribution in [0, 0.1) is 5.82 Å². The van der Waals surface area contributed by atoms with Gasteiger partial charge in [-0.05, 0) is 17.5 Å². The van der Waals surface area contributed by atoms with Crippen molar-refractivity contribution in [1.82, 2.24) is 9.97 Å². The Morgan fingerprint density at radius 1 is 1.15 bits per heavy atom. The number of nitrogens with one attached hydrogen (secondary N) is 1. The average molecular weight is 289 g/mol. The highest BCUT2D eigenvalue weighted by molar-refractivity contribution is 6.16. The number of rotatable bonds is 2. The molecule has 5 heteroatoms. The van der Waals surface area contributed by atoms with Crippen LogP contribution in [0.4, 0.5) is 4.39 Å². The van der Waals surface area contributed by atoms with Gasteiger partial charge in [0.25, 0.3) is 5.56 Å². The lowest BCUT2D eigenvalue weighted by Gasteiger charge is -2.07. The van der Waals surface area contributed by atoms with Crippen LogP contribution in [0.25, 0.3) is 22.2 Å². The summed E-state index contributed by atoms with van der Waals surface area (Å²) < 4.78 is 13.8. The SMILES string of the molecule is O=c1cc(CCl)nc(-c2ccc(F)c3ccccc23)[nH]1. The van der Waals surface area contributed by atoms with Crippen LogP contribution in [0.15, 0.2) is 47.3 Å². The third kappa shape index (κ3) is 2.18. The molecule has 0 amide bonds. The lowest BCUT2D eigenvalue weighted by molar-refractivity contribution is 0.640. The predicted molar refractivity (Wildman–Crippen MR) is 77.3 cm³/mol. The van der Waals surface area contributed by atoms with Gasteiger partial charge in [-0.3, -0.25) is 4.79 Å². The van der Waals surface area contributed by atoms with E-state index < -0.39 is 0 Å². The maximum atomic E-state index is 13.8. The summed E-state index contributed by atoms with van der Waals surface area (Å²) in [6, 6.07) is 11.4. The first-order valence-corrected chi connectivity index (χ1v) is 6.56. The summed E-state index contributed by atoms with van der Waals surface area (Å²) in [6.45, 7) is 0. The summed E-state index contributed by atoms with van der Waals surface area (Å²) >= 11 is 5.73. The van der Waals surface area contributed by atoms with Gasteiger partial charge in [0.2, 0.25) is 0 Å². The highest BCUT2D eigenvalue weighted by Crippen LogP contribution is 2.27. The summed E-state index contributed by atoms with van der Waals surface area (Å²) in [5, 5.41) is 1.19. The van der Waals surface area contributed by atoms with Gasteiger partial charge in [0.15, 0.2) is 0 Å². The molecular formula is C15H10ClFN2O. The van der Waals surface area contributed by atoms with Crippen LogP contribution >= 0.6 is 11.6 Å². The fraction of sp³-hybridized carbons (Fsp3) is 0.0667. The third-order valence-corrected chi connectivity index (χ3v) is 3.33. The van der Waals surface area contributed by atoms with Crippen molar-refractivity contribution >= 4 is 22.4 Å². The van der Waals surface area contributed by atoms with E-state index in [0.29, 0.717) is 27.9 Å². The van der Waals surface area contributed by atoms with Crippen LogP contribution in [-0.4, -0.2) is 9.97 Å². The largest absolute Gasteiger partial charge is 0.306 e. The van der Waals surface area contributed by atoms with E-state index in [0.717, 1.165) is 0 Å². The maximum Gasteiger partial charge on any atom is 0.251 e. The van der Waals surface area contributed by atoms with Gasteiger partial charge in [-0.15, -0.1) is 11.6 Å². The molecule has 20 heavy (non-hydrogen) atoms. The van der Waals surface area contributed by atoms with Crippen molar-refractivity contribution < 1.29 is 4.39 Å². The Morgan fingerprint density at radius 3 is 2.65 bits per heavy atom. The first kappa shape index (κ1) is 12.8. The van der Waals surface area contributed by atoms with Gasteiger partial charge in [-0.25, -0.2) is 9.37 Å². The molecule has 0 saturated heterocycles. The average Bonchev–Trinajstić information content (AvgIpc) is 2.47. The molecule has 0 spiro atoms. The Kier molecular flexibility index (Phi) is 3.24. The van der Waals surface area contributed by atoms with Crippen molar-refractivity contribution in [3.05, 3.63) is 64.3 Å². The molecule has 0 aliphatic heterocycles. The Morgan fingerprint density at radius 2 is 1.90 bits per heavy atom.